The van der Waals surface area contributed by atoms with Gasteiger partial charge in [0.25, 0.3) is 0 Å². The number of allylic oxidation sites excluding steroid dienone is 1. The summed E-state index contributed by atoms with van der Waals surface area (Å²) in [5.74, 6) is 0.768. The van der Waals surface area contributed by atoms with Crippen LogP contribution in [0.2, 0.25) is 0 Å². The first-order chi connectivity index (χ1) is 8.78. The summed E-state index contributed by atoms with van der Waals surface area (Å²) in [5.41, 5.74) is 8.04. The lowest BCUT2D eigenvalue weighted by atomic mass is 9.91. The molecule has 0 saturated carbocycles. The van der Waals surface area contributed by atoms with E-state index in [2.05, 4.69) is 25.6 Å². The smallest absolute Gasteiger partial charge is 0.0119 e. The molecular weight excluding hydrogens is 216 g/mol. The second-order valence-electron chi connectivity index (χ2n) is 6.11. The van der Waals surface area contributed by atoms with Crippen LogP contribution in [0.25, 0.3) is 0 Å². The third kappa shape index (κ3) is 2.13. The summed E-state index contributed by atoms with van der Waals surface area (Å²) < 4.78 is 0. The minimum absolute atomic E-state index is 0.768. The monoisotopic (exact) mass is 240 g/mol. The van der Waals surface area contributed by atoms with E-state index in [4.69, 9.17) is 0 Å². The summed E-state index contributed by atoms with van der Waals surface area (Å²) in [4.78, 5) is 0. The minimum atomic E-state index is 0.768. The zero-order chi connectivity index (χ0) is 12.5. The first-order valence-corrected chi connectivity index (χ1v) is 7.59. The van der Waals surface area contributed by atoms with Crippen LogP contribution >= 0.6 is 0 Å². The molecule has 0 N–H and O–H groups in total. The Bertz CT molecular complexity index is 467. The normalized spacial score (nSPS) is 20.8. The molecule has 0 radical (unpaired) electrons. The Balaban J connectivity index is 1.81. The molecular formula is C18H24. The summed E-state index contributed by atoms with van der Waals surface area (Å²) in [6, 6.07) is 5.05. The van der Waals surface area contributed by atoms with Crippen LogP contribution in [-0.4, -0.2) is 0 Å². The fraction of sp³-hybridized carbons (Fsp3) is 0.556. The number of fused-ring (bicyclic) bond motifs is 2. The van der Waals surface area contributed by atoms with Gasteiger partial charge < -0.3 is 0 Å². The predicted octanol–water partition coefficient (Wildman–Crippen LogP) is 4.95. The van der Waals surface area contributed by atoms with E-state index in [0.717, 1.165) is 5.92 Å². The fourth-order valence-electron chi connectivity index (χ4n) is 3.79. The van der Waals surface area contributed by atoms with Crippen LogP contribution in [0.3, 0.4) is 0 Å². The standard InChI is InChI=1S/C18H24/c1-3-5-13(2)10-16-8-9-17-11-14-6-4-7-15(14)12-18(16)17/h11-12,16H,2-10H2,1H3. The first-order valence-electron chi connectivity index (χ1n) is 7.59. The second-order valence-corrected chi connectivity index (χ2v) is 6.11. The molecule has 0 aromatic heterocycles. The molecule has 2 aliphatic carbocycles. The average molecular weight is 240 g/mol. The third-order valence-corrected chi connectivity index (χ3v) is 4.69. The molecule has 3 rings (SSSR count). The van der Waals surface area contributed by atoms with Crippen molar-refractivity contribution in [1.29, 1.82) is 0 Å². The summed E-state index contributed by atoms with van der Waals surface area (Å²) >= 11 is 0. The average Bonchev–Trinajstić information content (AvgIpc) is 2.94. The Morgan fingerprint density at radius 1 is 1.17 bits per heavy atom. The summed E-state index contributed by atoms with van der Waals surface area (Å²) in [6.07, 6.45) is 10.3. The van der Waals surface area contributed by atoms with Gasteiger partial charge >= 0.3 is 0 Å². The number of hydrogen-bond donors (Lipinski definition) is 0. The van der Waals surface area contributed by atoms with Crippen molar-refractivity contribution < 1.29 is 0 Å². The van der Waals surface area contributed by atoms with Crippen molar-refractivity contribution in [3.05, 3.63) is 46.5 Å². The molecule has 96 valence electrons. The number of rotatable bonds is 4. The molecule has 1 aromatic rings. The molecule has 0 amide bonds. The van der Waals surface area contributed by atoms with E-state index in [1.807, 2.05) is 0 Å². The molecule has 0 heterocycles. The highest BCUT2D eigenvalue weighted by molar-refractivity contribution is 5.45. The molecule has 1 unspecified atom stereocenters. The van der Waals surface area contributed by atoms with Gasteiger partial charge in [-0.1, -0.05) is 37.6 Å². The lowest BCUT2D eigenvalue weighted by molar-refractivity contribution is 0.650. The van der Waals surface area contributed by atoms with E-state index in [1.165, 1.54) is 56.9 Å². The number of benzene rings is 1. The van der Waals surface area contributed by atoms with E-state index in [1.54, 1.807) is 22.3 Å². The van der Waals surface area contributed by atoms with Crippen LogP contribution < -0.4 is 0 Å². The molecule has 0 nitrogen and oxygen atoms in total. The molecule has 1 atom stereocenters. The van der Waals surface area contributed by atoms with Gasteiger partial charge in [0.1, 0.15) is 0 Å². The predicted molar refractivity (Wildman–Crippen MR) is 78.2 cm³/mol. The van der Waals surface area contributed by atoms with E-state index < -0.39 is 0 Å². The molecule has 0 spiro atoms. The molecule has 2 aliphatic rings. The molecule has 0 saturated heterocycles. The molecule has 0 heteroatoms. The van der Waals surface area contributed by atoms with Crippen molar-refractivity contribution >= 4 is 0 Å². The van der Waals surface area contributed by atoms with Crippen LogP contribution in [-0.2, 0) is 19.3 Å². The number of aryl methyl sites for hydroxylation is 3. The Morgan fingerprint density at radius 3 is 2.72 bits per heavy atom. The fourth-order valence-corrected chi connectivity index (χ4v) is 3.79. The van der Waals surface area contributed by atoms with Crippen LogP contribution in [0.5, 0.6) is 0 Å². The van der Waals surface area contributed by atoms with Gasteiger partial charge in [-0.05, 0) is 73.1 Å². The Labute approximate surface area is 111 Å². The molecule has 18 heavy (non-hydrogen) atoms. The maximum absolute atomic E-state index is 4.25. The quantitative estimate of drug-likeness (QED) is 0.653. The van der Waals surface area contributed by atoms with Crippen molar-refractivity contribution in [2.24, 2.45) is 0 Å². The molecule has 0 fully saturated rings. The zero-order valence-corrected chi connectivity index (χ0v) is 11.6. The van der Waals surface area contributed by atoms with Gasteiger partial charge in [-0.15, -0.1) is 0 Å². The van der Waals surface area contributed by atoms with Crippen LogP contribution in [0.4, 0.5) is 0 Å². The molecule has 0 bridgehead atoms. The van der Waals surface area contributed by atoms with Crippen LogP contribution in [0.15, 0.2) is 24.3 Å². The lowest BCUT2D eigenvalue weighted by Gasteiger charge is -2.14. The van der Waals surface area contributed by atoms with Crippen molar-refractivity contribution in [2.75, 3.05) is 0 Å². The summed E-state index contributed by atoms with van der Waals surface area (Å²) in [7, 11) is 0. The lowest BCUT2D eigenvalue weighted by Crippen LogP contribution is -1.97. The van der Waals surface area contributed by atoms with Gasteiger partial charge in [0.15, 0.2) is 0 Å². The number of hydrogen-bond acceptors (Lipinski definition) is 0. The molecule has 1 aromatic carbocycles. The van der Waals surface area contributed by atoms with Gasteiger partial charge in [0, 0.05) is 0 Å². The van der Waals surface area contributed by atoms with Gasteiger partial charge in [-0.25, -0.2) is 0 Å². The Hall–Kier alpha value is -1.04. The topological polar surface area (TPSA) is 0 Å². The highest BCUT2D eigenvalue weighted by Crippen LogP contribution is 2.40. The summed E-state index contributed by atoms with van der Waals surface area (Å²) in [5, 5.41) is 0. The van der Waals surface area contributed by atoms with Crippen molar-refractivity contribution in [3.63, 3.8) is 0 Å². The van der Waals surface area contributed by atoms with Gasteiger partial charge in [-0.3, -0.25) is 0 Å². The van der Waals surface area contributed by atoms with Crippen molar-refractivity contribution in [2.45, 2.75) is 64.2 Å². The van der Waals surface area contributed by atoms with E-state index in [0.29, 0.717) is 0 Å². The Morgan fingerprint density at radius 2 is 1.94 bits per heavy atom. The van der Waals surface area contributed by atoms with Gasteiger partial charge in [-0.2, -0.15) is 0 Å². The van der Waals surface area contributed by atoms with E-state index in [-0.39, 0.29) is 0 Å². The highest BCUT2D eigenvalue weighted by atomic mass is 14.3. The maximum atomic E-state index is 4.25. The maximum Gasteiger partial charge on any atom is -0.0119 e. The highest BCUT2D eigenvalue weighted by Gasteiger charge is 2.25. The van der Waals surface area contributed by atoms with E-state index in [9.17, 15) is 0 Å². The van der Waals surface area contributed by atoms with Crippen LogP contribution in [0, 0.1) is 0 Å². The first kappa shape index (κ1) is 12.0. The van der Waals surface area contributed by atoms with E-state index >= 15 is 0 Å². The van der Waals surface area contributed by atoms with Crippen molar-refractivity contribution in [3.8, 4) is 0 Å². The zero-order valence-electron chi connectivity index (χ0n) is 11.6. The third-order valence-electron chi connectivity index (χ3n) is 4.69. The van der Waals surface area contributed by atoms with Crippen molar-refractivity contribution in [1.82, 2.24) is 0 Å². The minimum Gasteiger partial charge on any atom is -0.0998 e. The SMILES string of the molecule is C=C(CCC)CC1CCc2cc3c(cc21)CCC3. The Kier molecular flexibility index (Phi) is 3.28. The summed E-state index contributed by atoms with van der Waals surface area (Å²) in [6.45, 7) is 6.50. The van der Waals surface area contributed by atoms with Gasteiger partial charge in [0.2, 0.25) is 0 Å². The van der Waals surface area contributed by atoms with Crippen LogP contribution in [0.1, 0.15) is 67.2 Å². The van der Waals surface area contributed by atoms with Gasteiger partial charge in [0.05, 0.1) is 0 Å². The second kappa shape index (κ2) is 4.91. The largest absolute Gasteiger partial charge is 0.0998 e. The molecule has 0 aliphatic heterocycles.